The van der Waals surface area contributed by atoms with Crippen LogP contribution >= 0.6 is 11.3 Å². The van der Waals surface area contributed by atoms with E-state index in [1.807, 2.05) is 13.8 Å². The lowest BCUT2D eigenvalue weighted by Crippen LogP contribution is -2.66. The van der Waals surface area contributed by atoms with Crippen LogP contribution in [0, 0.1) is 19.3 Å². The van der Waals surface area contributed by atoms with Crippen molar-refractivity contribution in [3.05, 3.63) is 15.6 Å². The van der Waals surface area contributed by atoms with Crippen molar-refractivity contribution in [2.45, 2.75) is 46.1 Å². The highest BCUT2D eigenvalue weighted by molar-refractivity contribution is 7.11. The summed E-state index contributed by atoms with van der Waals surface area (Å²) in [6, 6.07) is -1.03. The van der Waals surface area contributed by atoms with Gasteiger partial charge in [-0.05, 0) is 33.6 Å². The molecule has 21 heavy (non-hydrogen) atoms. The first-order chi connectivity index (χ1) is 9.86. The van der Waals surface area contributed by atoms with E-state index in [4.69, 9.17) is 0 Å². The fourth-order valence-corrected chi connectivity index (χ4v) is 4.04. The Bertz CT molecular complexity index is 648. The van der Waals surface area contributed by atoms with E-state index in [1.165, 1.54) is 16.2 Å². The fourth-order valence-electron chi connectivity index (χ4n) is 3.07. The van der Waals surface area contributed by atoms with Crippen LogP contribution in [0.2, 0.25) is 0 Å². The molecule has 112 valence electrons. The highest BCUT2D eigenvalue weighted by atomic mass is 32.1. The predicted molar refractivity (Wildman–Crippen MR) is 76.7 cm³/mol. The Hall–Kier alpha value is -1.76. The fraction of sp³-hybridized carbons (Fsp3) is 0.571. The van der Waals surface area contributed by atoms with Gasteiger partial charge in [0, 0.05) is 0 Å². The summed E-state index contributed by atoms with van der Waals surface area (Å²) in [5, 5.41) is 3.24. The van der Waals surface area contributed by atoms with Crippen LogP contribution in [0.15, 0.2) is 0 Å². The number of nitrogens with zero attached hydrogens (tertiary/aromatic N) is 2. The number of carbonyl (C=O) groups is 3. The van der Waals surface area contributed by atoms with Gasteiger partial charge in [0.1, 0.15) is 5.41 Å². The van der Waals surface area contributed by atoms with E-state index in [0.717, 1.165) is 22.0 Å². The first-order valence-corrected chi connectivity index (χ1v) is 7.81. The summed E-state index contributed by atoms with van der Waals surface area (Å²) in [5.74, 6) is -0.801. The van der Waals surface area contributed by atoms with Crippen LogP contribution in [0.3, 0.4) is 0 Å². The summed E-state index contributed by atoms with van der Waals surface area (Å²) < 4.78 is 0. The number of barbiturate groups is 1. The van der Waals surface area contributed by atoms with Gasteiger partial charge in [0.2, 0.25) is 11.8 Å². The van der Waals surface area contributed by atoms with Gasteiger partial charge in [-0.3, -0.25) is 19.8 Å². The highest BCUT2D eigenvalue weighted by Gasteiger charge is 2.58. The molecule has 1 aromatic heterocycles. The largest absolute Gasteiger partial charge is 0.331 e. The van der Waals surface area contributed by atoms with Gasteiger partial charge in [-0.25, -0.2) is 9.78 Å². The highest BCUT2D eigenvalue weighted by Crippen LogP contribution is 2.46. The van der Waals surface area contributed by atoms with Gasteiger partial charge in [0.15, 0.2) is 0 Å². The number of aryl methyl sites for hydroxylation is 2. The van der Waals surface area contributed by atoms with Crippen molar-refractivity contribution >= 4 is 29.2 Å². The van der Waals surface area contributed by atoms with Crippen LogP contribution in [0.25, 0.3) is 0 Å². The van der Waals surface area contributed by atoms with Gasteiger partial charge >= 0.3 is 6.03 Å². The molecule has 1 spiro atoms. The van der Waals surface area contributed by atoms with Crippen molar-refractivity contribution in [2.24, 2.45) is 5.41 Å². The molecule has 0 aromatic carbocycles. The van der Waals surface area contributed by atoms with E-state index in [0.29, 0.717) is 12.8 Å². The second kappa shape index (κ2) is 4.62. The van der Waals surface area contributed by atoms with Crippen LogP contribution in [0.4, 0.5) is 4.79 Å². The lowest BCUT2D eigenvalue weighted by atomic mass is 9.66. The number of carbonyl (C=O) groups excluding carboxylic acids is 3. The summed E-state index contributed by atoms with van der Waals surface area (Å²) in [6.07, 6.45) is 1.89. The average molecular weight is 307 g/mol. The standard InChI is InChI=1S/C14H17N3O3S/c1-7-10(21-9(3)15-7)8(2)17-12(19)14(5-4-6-14)11(18)16-13(17)20/h8H,4-6H2,1-3H3,(H,16,18,20). The van der Waals surface area contributed by atoms with Crippen molar-refractivity contribution in [2.75, 3.05) is 0 Å². The van der Waals surface area contributed by atoms with Crippen molar-refractivity contribution in [1.82, 2.24) is 15.2 Å². The molecule has 1 saturated heterocycles. The number of amides is 4. The Kier molecular flexibility index (Phi) is 3.12. The molecule has 1 aliphatic heterocycles. The second-order valence-electron chi connectivity index (χ2n) is 5.73. The third-order valence-electron chi connectivity index (χ3n) is 4.42. The number of imide groups is 2. The molecule has 7 heteroatoms. The molecule has 1 atom stereocenters. The monoisotopic (exact) mass is 307 g/mol. The van der Waals surface area contributed by atoms with Crippen molar-refractivity contribution < 1.29 is 14.4 Å². The van der Waals surface area contributed by atoms with E-state index in [1.54, 1.807) is 6.92 Å². The van der Waals surface area contributed by atoms with E-state index >= 15 is 0 Å². The maximum absolute atomic E-state index is 12.7. The van der Waals surface area contributed by atoms with Gasteiger partial charge < -0.3 is 0 Å². The first-order valence-electron chi connectivity index (χ1n) is 7.00. The Morgan fingerprint density at radius 2 is 1.95 bits per heavy atom. The SMILES string of the molecule is Cc1nc(C)c(C(C)N2C(=O)NC(=O)C3(CCC3)C2=O)s1. The smallest absolute Gasteiger partial charge is 0.277 e. The molecule has 2 heterocycles. The van der Waals surface area contributed by atoms with Gasteiger partial charge in [0.25, 0.3) is 0 Å². The zero-order valence-electron chi connectivity index (χ0n) is 12.2. The Morgan fingerprint density at radius 3 is 2.43 bits per heavy atom. The van der Waals surface area contributed by atoms with E-state index in [9.17, 15) is 14.4 Å². The zero-order chi connectivity index (χ0) is 15.4. The normalized spacial score (nSPS) is 22.2. The lowest BCUT2D eigenvalue weighted by Gasteiger charge is -2.46. The van der Waals surface area contributed by atoms with Crippen molar-refractivity contribution in [1.29, 1.82) is 0 Å². The van der Waals surface area contributed by atoms with Gasteiger partial charge in [0.05, 0.1) is 21.6 Å². The van der Waals surface area contributed by atoms with Crippen molar-refractivity contribution in [3.63, 3.8) is 0 Å². The van der Waals surface area contributed by atoms with E-state index < -0.39 is 23.4 Å². The first kappa shape index (κ1) is 14.2. The lowest BCUT2D eigenvalue weighted by molar-refractivity contribution is -0.159. The molecule has 2 aliphatic rings. The number of aromatic nitrogens is 1. The van der Waals surface area contributed by atoms with Gasteiger partial charge in [-0.2, -0.15) is 0 Å². The third kappa shape index (κ3) is 1.91. The minimum absolute atomic E-state index is 0.361. The molecular formula is C14H17N3O3S. The summed E-state index contributed by atoms with van der Waals surface area (Å²) in [5.41, 5.74) is -0.194. The number of thiazole rings is 1. The minimum atomic E-state index is -1.02. The molecule has 1 N–H and O–H groups in total. The summed E-state index contributed by atoms with van der Waals surface area (Å²) in [7, 11) is 0. The molecule has 4 amide bonds. The van der Waals surface area contributed by atoms with Crippen LogP contribution in [0.5, 0.6) is 0 Å². The quantitative estimate of drug-likeness (QED) is 0.848. The van der Waals surface area contributed by atoms with Crippen molar-refractivity contribution in [3.8, 4) is 0 Å². The van der Waals surface area contributed by atoms with Crippen LogP contribution < -0.4 is 5.32 Å². The van der Waals surface area contributed by atoms with Gasteiger partial charge in [-0.1, -0.05) is 6.42 Å². The summed E-state index contributed by atoms with van der Waals surface area (Å²) in [6.45, 7) is 5.56. The maximum Gasteiger partial charge on any atom is 0.331 e. The molecule has 1 aliphatic carbocycles. The van der Waals surface area contributed by atoms with Gasteiger partial charge in [-0.15, -0.1) is 11.3 Å². The zero-order valence-corrected chi connectivity index (χ0v) is 13.0. The molecule has 6 nitrogen and oxygen atoms in total. The number of hydrogen-bond donors (Lipinski definition) is 1. The van der Waals surface area contributed by atoms with Crippen LogP contribution in [-0.4, -0.2) is 27.7 Å². The molecule has 1 unspecified atom stereocenters. The Morgan fingerprint density at radius 1 is 1.29 bits per heavy atom. The number of rotatable bonds is 2. The molecular weight excluding hydrogens is 290 g/mol. The number of urea groups is 1. The molecule has 2 fully saturated rings. The van der Waals surface area contributed by atoms with E-state index in [2.05, 4.69) is 10.3 Å². The number of nitrogens with one attached hydrogen (secondary N) is 1. The average Bonchev–Trinajstić information content (AvgIpc) is 2.65. The minimum Gasteiger partial charge on any atom is -0.277 e. The molecule has 1 saturated carbocycles. The summed E-state index contributed by atoms with van der Waals surface area (Å²) in [4.78, 5) is 43.3. The van der Waals surface area contributed by atoms with Crippen LogP contribution in [0.1, 0.15) is 47.8 Å². The third-order valence-corrected chi connectivity index (χ3v) is 5.66. The molecule has 0 bridgehead atoms. The Balaban J connectivity index is 1.96. The summed E-state index contributed by atoms with van der Waals surface area (Å²) >= 11 is 1.48. The Labute approximate surface area is 126 Å². The predicted octanol–water partition coefficient (Wildman–Crippen LogP) is 2.07. The molecule has 0 radical (unpaired) electrons. The topological polar surface area (TPSA) is 79.4 Å². The van der Waals surface area contributed by atoms with E-state index in [-0.39, 0.29) is 5.91 Å². The maximum atomic E-state index is 12.7. The number of hydrogen-bond acceptors (Lipinski definition) is 5. The molecule has 1 aromatic rings. The second-order valence-corrected chi connectivity index (χ2v) is 6.96. The molecule has 3 rings (SSSR count). The van der Waals surface area contributed by atoms with Crippen LogP contribution in [-0.2, 0) is 9.59 Å².